The second-order valence-corrected chi connectivity index (χ2v) is 4.91. The summed E-state index contributed by atoms with van der Waals surface area (Å²) in [5, 5.41) is 15.7. The maximum absolute atomic E-state index is 12.1. The molecule has 6 heteroatoms. The lowest BCUT2D eigenvalue weighted by atomic mass is 10.0. The zero-order chi connectivity index (χ0) is 15.5. The molecule has 0 radical (unpaired) electrons. The molecule has 0 aliphatic heterocycles. The number of carbonyl (C=O) groups excluding carboxylic acids is 1. The molecule has 0 unspecified atom stereocenters. The molecule has 3 aromatic rings. The molecule has 3 rings (SSSR count). The second kappa shape index (κ2) is 5.69. The zero-order valence-corrected chi connectivity index (χ0v) is 11.7. The van der Waals surface area contributed by atoms with Crippen LogP contribution in [0.2, 0.25) is 0 Å². The Morgan fingerprint density at radius 3 is 2.50 bits per heavy atom. The van der Waals surface area contributed by atoms with Gasteiger partial charge in [0.15, 0.2) is 0 Å². The van der Waals surface area contributed by atoms with E-state index in [4.69, 9.17) is 15.7 Å². The highest BCUT2D eigenvalue weighted by Crippen LogP contribution is 2.18. The number of benzene rings is 2. The molecule has 0 fully saturated rings. The molecular formula is C16H14N4O2. The van der Waals surface area contributed by atoms with Crippen molar-refractivity contribution in [2.75, 3.05) is 0 Å². The Bertz CT molecular complexity index is 840. The molecule has 0 spiro atoms. The standard InChI is InChI=1S/C16H14N4O2/c17-15(18)13-3-1-12-6-14(4-2-11(12)5-13)16(21)19-7-10-8-20-22-9-10/h1-6,8-9H,7H2,(H3,17,18)(H,19,21). The Morgan fingerprint density at radius 1 is 1.18 bits per heavy atom. The molecule has 1 amide bonds. The summed E-state index contributed by atoms with van der Waals surface area (Å²) < 4.78 is 4.71. The summed E-state index contributed by atoms with van der Waals surface area (Å²) in [5.41, 5.74) is 7.51. The summed E-state index contributed by atoms with van der Waals surface area (Å²) in [6.45, 7) is 0.365. The predicted molar refractivity (Wildman–Crippen MR) is 82.6 cm³/mol. The van der Waals surface area contributed by atoms with Crippen molar-refractivity contribution in [2.45, 2.75) is 6.54 Å². The molecule has 0 bridgehead atoms. The lowest BCUT2D eigenvalue weighted by molar-refractivity contribution is 0.0951. The Morgan fingerprint density at radius 2 is 1.86 bits per heavy atom. The molecule has 0 atom stereocenters. The van der Waals surface area contributed by atoms with Gasteiger partial charge in [-0.1, -0.05) is 23.4 Å². The van der Waals surface area contributed by atoms with Gasteiger partial charge in [0.05, 0.1) is 6.20 Å². The molecule has 0 saturated carbocycles. The van der Waals surface area contributed by atoms with Crippen molar-refractivity contribution in [3.63, 3.8) is 0 Å². The number of rotatable bonds is 4. The van der Waals surface area contributed by atoms with Crippen LogP contribution in [0, 0.1) is 5.41 Å². The van der Waals surface area contributed by atoms with E-state index < -0.39 is 0 Å². The topological polar surface area (TPSA) is 105 Å². The van der Waals surface area contributed by atoms with Crippen LogP contribution >= 0.6 is 0 Å². The van der Waals surface area contributed by atoms with Crippen LogP contribution in [0.4, 0.5) is 0 Å². The third-order valence-electron chi connectivity index (χ3n) is 3.35. The molecule has 1 heterocycles. The number of carbonyl (C=O) groups is 1. The van der Waals surface area contributed by atoms with E-state index in [1.807, 2.05) is 24.3 Å². The molecule has 6 nitrogen and oxygen atoms in total. The van der Waals surface area contributed by atoms with Gasteiger partial charge in [-0.25, -0.2) is 0 Å². The third kappa shape index (κ3) is 2.80. The minimum Gasteiger partial charge on any atom is -0.384 e. The minimum atomic E-state index is -0.168. The molecule has 4 N–H and O–H groups in total. The van der Waals surface area contributed by atoms with Crippen LogP contribution in [0.3, 0.4) is 0 Å². The van der Waals surface area contributed by atoms with E-state index in [-0.39, 0.29) is 11.7 Å². The average Bonchev–Trinajstić information content (AvgIpc) is 3.05. The van der Waals surface area contributed by atoms with Gasteiger partial charge in [0.1, 0.15) is 12.1 Å². The number of fused-ring (bicyclic) bond motifs is 1. The minimum absolute atomic E-state index is 0.0254. The highest BCUT2D eigenvalue weighted by atomic mass is 16.5. The number of hydrogen-bond donors (Lipinski definition) is 3. The lowest BCUT2D eigenvalue weighted by Gasteiger charge is -2.06. The fourth-order valence-corrected chi connectivity index (χ4v) is 2.15. The number of amides is 1. The summed E-state index contributed by atoms with van der Waals surface area (Å²) in [6.07, 6.45) is 3.05. The van der Waals surface area contributed by atoms with Crippen LogP contribution in [-0.4, -0.2) is 16.9 Å². The van der Waals surface area contributed by atoms with Crippen molar-refractivity contribution < 1.29 is 9.32 Å². The van der Waals surface area contributed by atoms with Crippen molar-refractivity contribution in [3.8, 4) is 0 Å². The van der Waals surface area contributed by atoms with Gasteiger partial charge in [-0.15, -0.1) is 0 Å². The van der Waals surface area contributed by atoms with Gasteiger partial charge in [-0.05, 0) is 29.0 Å². The van der Waals surface area contributed by atoms with Crippen molar-refractivity contribution in [1.82, 2.24) is 10.5 Å². The normalized spacial score (nSPS) is 10.5. The highest BCUT2D eigenvalue weighted by Gasteiger charge is 2.07. The largest absolute Gasteiger partial charge is 0.384 e. The fraction of sp³-hybridized carbons (Fsp3) is 0.0625. The molecule has 2 aromatic carbocycles. The first-order chi connectivity index (χ1) is 10.6. The summed E-state index contributed by atoms with van der Waals surface area (Å²) >= 11 is 0. The van der Waals surface area contributed by atoms with E-state index in [0.717, 1.165) is 16.3 Å². The Labute approximate surface area is 126 Å². The number of nitrogens with zero attached hydrogens (tertiary/aromatic N) is 1. The number of nitrogen functional groups attached to an aromatic ring is 1. The van der Waals surface area contributed by atoms with E-state index in [0.29, 0.717) is 17.7 Å². The van der Waals surface area contributed by atoms with E-state index in [9.17, 15) is 4.79 Å². The number of nitrogens with one attached hydrogen (secondary N) is 2. The molecule has 0 saturated heterocycles. The predicted octanol–water partition coefficient (Wildman–Crippen LogP) is 2.04. The van der Waals surface area contributed by atoms with Crippen molar-refractivity contribution in [2.24, 2.45) is 5.73 Å². The average molecular weight is 294 g/mol. The smallest absolute Gasteiger partial charge is 0.251 e. The zero-order valence-electron chi connectivity index (χ0n) is 11.7. The van der Waals surface area contributed by atoms with Crippen molar-refractivity contribution >= 4 is 22.5 Å². The Balaban J connectivity index is 1.80. The van der Waals surface area contributed by atoms with Gasteiger partial charge in [-0.2, -0.15) is 0 Å². The summed E-state index contributed by atoms with van der Waals surface area (Å²) in [4.78, 5) is 12.1. The maximum Gasteiger partial charge on any atom is 0.251 e. The van der Waals surface area contributed by atoms with Gasteiger partial charge >= 0.3 is 0 Å². The van der Waals surface area contributed by atoms with Gasteiger partial charge in [-0.3, -0.25) is 10.2 Å². The SMILES string of the molecule is N=C(N)c1ccc2cc(C(=O)NCc3cnoc3)ccc2c1. The molecule has 0 aliphatic rings. The van der Waals surface area contributed by atoms with Gasteiger partial charge in [0.25, 0.3) is 5.91 Å². The van der Waals surface area contributed by atoms with Crippen molar-refractivity contribution in [3.05, 3.63) is 65.5 Å². The first-order valence-corrected chi connectivity index (χ1v) is 6.68. The quantitative estimate of drug-likeness (QED) is 0.506. The summed E-state index contributed by atoms with van der Waals surface area (Å²) in [7, 11) is 0. The Kier molecular flexibility index (Phi) is 3.57. The molecule has 110 valence electrons. The lowest BCUT2D eigenvalue weighted by Crippen LogP contribution is -2.22. The number of amidine groups is 1. The third-order valence-corrected chi connectivity index (χ3v) is 3.35. The van der Waals surface area contributed by atoms with Crippen LogP contribution in [0.5, 0.6) is 0 Å². The van der Waals surface area contributed by atoms with E-state index in [2.05, 4.69) is 10.5 Å². The number of aromatic nitrogens is 1. The van der Waals surface area contributed by atoms with Gasteiger partial charge < -0.3 is 15.6 Å². The number of hydrogen-bond acceptors (Lipinski definition) is 4. The molecule has 0 aliphatic carbocycles. The van der Waals surface area contributed by atoms with Gasteiger partial charge in [0.2, 0.25) is 0 Å². The van der Waals surface area contributed by atoms with Gasteiger partial charge in [0, 0.05) is 23.2 Å². The summed E-state index contributed by atoms with van der Waals surface area (Å²) in [5.74, 6) is -0.142. The molecular weight excluding hydrogens is 280 g/mol. The van der Waals surface area contributed by atoms with Crippen molar-refractivity contribution in [1.29, 1.82) is 5.41 Å². The monoisotopic (exact) mass is 294 g/mol. The first-order valence-electron chi connectivity index (χ1n) is 6.68. The van der Waals surface area contributed by atoms with Crippen LogP contribution in [-0.2, 0) is 6.54 Å². The Hall–Kier alpha value is -3.15. The van der Waals surface area contributed by atoms with E-state index in [1.165, 1.54) is 6.26 Å². The number of nitrogens with two attached hydrogens (primary N) is 1. The fourth-order valence-electron chi connectivity index (χ4n) is 2.15. The van der Waals surface area contributed by atoms with Crippen LogP contribution in [0.1, 0.15) is 21.5 Å². The molecule has 1 aromatic heterocycles. The van der Waals surface area contributed by atoms with E-state index in [1.54, 1.807) is 18.3 Å². The maximum atomic E-state index is 12.1. The van der Waals surface area contributed by atoms with Crippen LogP contribution in [0.25, 0.3) is 10.8 Å². The first kappa shape index (κ1) is 13.8. The summed E-state index contributed by atoms with van der Waals surface area (Å²) in [6, 6.07) is 10.8. The van der Waals surface area contributed by atoms with E-state index >= 15 is 0 Å². The highest BCUT2D eigenvalue weighted by molar-refractivity contribution is 6.02. The molecule has 22 heavy (non-hydrogen) atoms. The van der Waals surface area contributed by atoms with Crippen LogP contribution in [0.15, 0.2) is 53.4 Å². The van der Waals surface area contributed by atoms with Crippen LogP contribution < -0.4 is 11.1 Å². The second-order valence-electron chi connectivity index (χ2n) is 4.91.